The largest absolute Gasteiger partial charge is 0.504 e. The second-order valence-corrected chi connectivity index (χ2v) is 6.58. The summed E-state index contributed by atoms with van der Waals surface area (Å²) in [6.45, 7) is -0.959. The van der Waals surface area contributed by atoms with Gasteiger partial charge >= 0.3 is 16.4 Å². The van der Waals surface area contributed by atoms with Crippen LogP contribution in [0.2, 0.25) is 0 Å². The molecule has 1 fully saturated rings. The average molecular weight is 412 g/mol. The topological polar surface area (TPSA) is 221 Å². The molecule has 13 nitrogen and oxygen atoms in total. The highest BCUT2D eigenvalue weighted by atomic mass is 32.3. The molecule has 152 valence electrons. The maximum absolute atomic E-state index is 10.9. The number of carboxylic acid groups (broad SMARTS) is 1. The number of aromatic hydroxyl groups is 2. The van der Waals surface area contributed by atoms with Crippen LogP contribution in [0.1, 0.15) is 10.4 Å². The van der Waals surface area contributed by atoms with Crippen LogP contribution >= 0.6 is 0 Å². The highest BCUT2D eigenvalue weighted by Gasteiger charge is 2.46. The van der Waals surface area contributed by atoms with Gasteiger partial charge in [0, 0.05) is 0 Å². The Labute approximate surface area is 151 Å². The van der Waals surface area contributed by atoms with Gasteiger partial charge in [-0.15, -0.1) is 0 Å². The van der Waals surface area contributed by atoms with Crippen molar-refractivity contribution in [3.8, 4) is 17.2 Å². The predicted octanol–water partition coefficient (Wildman–Crippen LogP) is -2.20. The molecule has 5 atom stereocenters. The van der Waals surface area contributed by atoms with Crippen molar-refractivity contribution in [2.45, 2.75) is 30.7 Å². The first-order chi connectivity index (χ1) is 12.4. The lowest BCUT2D eigenvalue weighted by Crippen LogP contribution is -2.60. The van der Waals surface area contributed by atoms with Crippen LogP contribution in [0.5, 0.6) is 17.2 Å². The third-order valence-corrected chi connectivity index (χ3v) is 4.01. The highest BCUT2D eigenvalue weighted by molar-refractivity contribution is 7.80. The molecular formula is C13H16O13S. The van der Waals surface area contributed by atoms with Gasteiger partial charge in [-0.2, -0.15) is 8.42 Å². The number of hydrogen-bond donors (Lipinski definition) is 7. The minimum atomic E-state index is -4.89. The number of aromatic carboxylic acids is 1. The Kier molecular flexibility index (Phi) is 6.10. The fourth-order valence-electron chi connectivity index (χ4n) is 2.26. The molecule has 5 unspecified atom stereocenters. The molecule has 0 amide bonds. The van der Waals surface area contributed by atoms with E-state index in [-0.39, 0.29) is 0 Å². The number of aliphatic hydroxyl groups excluding tert-OH is 3. The van der Waals surface area contributed by atoms with Gasteiger partial charge in [-0.1, -0.05) is 0 Å². The van der Waals surface area contributed by atoms with Crippen LogP contribution < -0.4 is 4.74 Å². The predicted molar refractivity (Wildman–Crippen MR) is 81.5 cm³/mol. The third kappa shape index (κ3) is 4.95. The molecule has 7 N–H and O–H groups in total. The van der Waals surface area contributed by atoms with Crippen molar-refractivity contribution < 1.29 is 62.1 Å². The average Bonchev–Trinajstić information content (AvgIpc) is 2.55. The second-order valence-electron chi connectivity index (χ2n) is 5.49. The number of hydrogen-bond acceptors (Lipinski definition) is 11. The minimum absolute atomic E-state index is 0.475. The molecule has 1 aliphatic heterocycles. The lowest BCUT2D eigenvalue weighted by atomic mass is 9.99. The standard InChI is InChI=1S/C13H16O13S/c14-5-1-4(12(19)20)2-6(15)11(5)26-13-10(18)9(17)8(16)7(25-13)3-24-27(21,22)23/h1-2,7-10,13-18H,3H2,(H,19,20)(H,21,22,23). The van der Waals surface area contributed by atoms with Crippen LogP contribution in [0, 0.1) is 0 Å². The molecule has 0 radical (unpaired) electrons. The molecule has 1 aromatic rings. The quantitative estimate of drug-likeness (QED) is 0.247. The molecular weight excluding hydrogens is 396 g/mol. The molecule has 0 saturated carbocycles. The van der Waals surface area contributed by atoms with Crippen molar-refractivity contribution in [3.63, 3.8) is 0 Å². The SMILES string of the molecule is O=C(O)c1cc(O)c(OC2OC(COS(=O)(=O)O)C(O)C(O)C2O)c(O)c1. The summed E-state index contributed by atoms with van der Waals surface area (Å²) in [5, 5.41) is 58.0. The van der Waals surface area contributed by atoms with Crippen molar-refractivity contribution in [2.24, 2.45) is 0 Å². The summed E-state index contributed by atoms with van der Waals surface area (Å²) in [4.78, 5) is 10.9. The van der Waals surface area contributed by atoms with Crippen molar-refractivity contribution in [1.29, 1.82) is 0 Å². The first-order valence-electron chi connectivity index (χ1n) is 7.18. The Bertz CT molecular complexity index is 783. The lowest BCUT2D eigenvalue weighted by Gasteiger charge is -2.39. The van der Waals surface area contributed by atoms with E-state index < -0.39 is 76.5 Å². The van der Waals surface area contributed by atoms with Crippen molar-refractivity contribution in [2.75, 3.05) is 6.61 Å². The normalized spacial score (nSPS) is 28.7. The Morgan fingerprint density at radius 2 is 1.63 bits per heavy atom. The van der Waals surface area contributed by atoms with E-state index in [9.17, 15) is 38.7 Å². The molecule has 14 heteroatoms. The maximum Gasteiger partial charge on any atom is 0.397 e. The molecule has 1 aliphatic rings. The van der Waals surface area contributed by atoms with Gasteiger partial charge < -0.3 is 40.1 Å². The van der Waals surface area contributed by atoms with Gasteiger partial charge in [-0.05, 0) is 12.1 Å². The van der Waals surface area contributed by atoms with E-state index in [1.54, 1.807) is 0 Å². The summed E-state index contributed by atoms with van der Waals surface area (Å²) in [6, 6.07) is 1.47. The Hall–Kier alpha value is -2.20. The molecule has 27 heavy (non-hydrogen) atoms. The highest BCUT2D eigenvalue weighted by Crippen LogP contribution is 2.39. The first kappa shape index (κ1) is 21.1. The van der Waals surface area contributed by atoms with Crippen LogP contribution in [0.3, 0.4) is 0 Å². The Morgan fingerprint density at radius 3 is 2.11 bits per heavy atom. The summed E-state index contributed by atoms with van der Waals surface area (Å²) in [5.74, 6) is -3.84. The zero-order chi connectivity index (χ0) is 20.5. The summed E-state index contributed by atoms with van der Waals surface area (Å²) in [5.41, 5.74) is -0.475. The van der Waals surface area contributed by atoms with E-state index in [0.717, 1.165) is 12.1 Å². The number of phenolic OH excluding ortho intramolecular Hbond substituents is 2. The molecule has 1 heterocycles. The summed E-state index contributed by atoms with van der Waals surface area (Å²) in [7, 11) is -4.89. The zero-order valence-electron chi connectivity index (χ0n) is 13.2. The lowest BCUT2D eigenvalue weighted by molar-refractivity contribution is -0.276. The van der Waals surface area contributed by atoms with E-state index in [4.69, 9.17) is 19.1 Å². The summed E-state index contributed by atoms with van der Waals surface area (Å²) >= 11 is 0. The van der Waals surface area contributed by atoms with E-state index in [1.807, 2.05) is 0 Å². The maximum atomic E-state index is 10.9. The fraction of sp³-hybridized carbons (Fsp3) is 0.462. The van der Waals surface area contributed by atoms with Crippen molar-refractivity contribution in [3.05, 3.63) is 17.7 Å². The fourth-order valence-corrected chi connectivity index (χ4v) is 2.57. The molecule has 1 saturated heterocycles. The molecule has 0 spiro atoms. The molecule has 0 bridgehead atoms. The molecule has 0 aromatic heterocycles. The summed E-state index contributed by atoms with van der Waals surface area (Å²) < 4.78 is 43.9. The van der Waals surface area contributed by atoms with E-state index in [2.05, 4.69) is 4.18 Å². The Balaban J connectivity index is 2.23. The van der Waals surface area contributed by atoms with E-state index in [0.29, 0.717) is 0 Å². The number of carboxylic acids is 1. The van der Waals surface area contributed by atoms with Gasteiger partial charge in [-0.25, -0.2) is 8.98 Å². The van der Waals surface area contributed by atoms with Crippen LogP contribution in [0.15, 0.2) is 12.1 Å². The van der Waals surface area contributed by atoms with Gasteiger partial charge in [0.1, 0.15) is 24.4 Å². The van der Waals surface area contributed by atoms with Gasteiger partial charge in [0.05, 0.1) is 12.2 Å². The number of ether oxygens (including phenoxy) is 2. The Morgan fingerprint density at radius 1 is 1.07 bits per heavy atom. The van der Waals surface area contributed by atoms with Crippen LogP contribution in [-0.4, -0.2) is 86.9 Å². The van der Waals surface area contributed by atoms with Gasteiger partial charge in [0.25, 0.3) is 0 Å². The monoisotopic (exact) mass is 412 g/mol. The van der Waals surface area contributed by atoms with Crippen LogP contribution in [-0.2, 0) is 19.3 Å². The summed E-state index contributed by atoms with van der Waals surface area (Å²) in [6.07, 6.45) is -9.11. The van der Waals surface area contributed by atoms with Gasteiger partial charge in [-0.3, -0.25) is 4.55 Å². The number of aliphatic hydroxyl groups is 3. The minimum Gasteiger partial charge on any atom is -0.504 e. The van der Waals surface area contributed by atoms with Crippen LogP contribution in [0.4, 0.5) is 0 Å². The molecule has 1 aromatic carbocycles. The van der Waals surface area contributed by atoms with Crippen molar-refractivity contribution in [1.82, 2.24) is 0 Å². The van der Waals surface area contributed by atoms with E-state index >= 15 is 0 Å². The third-order valence-electron chi connectivity index (χ3n) is 3.58. The number of benzene rings is 1. The van der Waals surface area contributed by atoms with Crippen LogP contribution in [0.25, 0.3) is 0 Å². The molecule has 0 aliphatic carbocycles. The first-order valence-corrected chi connectivity index (χ1v) is 8.54. The van der Waals surface area contributed by atoms with Crippen molar-refractivity contribution >= 4 is 16.4 Å². The smallest absolute Gasteiger partial charge is 0.397 e. The number of carbonyl (C=O) groups is 1. The number of rotatable bonds is 6. The number of phenols is 2. The van der Waals surface area contributed by atoms with Gasteiger partial charge in [0.2, 0.25) is 12.0 Å². The van der Waals surface area contributed by atoms with Gasteiger partial charge in [0.15, 0.2) is 11.5 Å². The second kappa shape index (κ2) is 7.81. The molecule has 2 rings (SSSR count). The zero-order valence-corrected chi connectivity index (χ0v) is 14.1. The van der Waals surface area contributed by atoms with E-state index in [1.165, 1.54) is 0 Å².